The van der Waals surface area contributed by atoms with Gasteiger partial charge in [-0.1, -0.05) is 27.2 Å². The highest BCUT2D eigenvalue weighted by molar-refractivity contribution is 4.88. The van der Waals surface area contributed by atoms with Gasteiger partial charge < -0.3 is 10.5 Å². The zero-order chi connectivity index (χ0) is 10.6. The first-order valence-electron chi connectivity index (χ1n) is 6.01. The Hall–Kier alpha value is -0.0800. The molecule has 0 aromatic heterocycles. The fraction of sp³-hybridized carbons (Fsp3) is 1.00. The molecule has 0 aromatic carbocycles. The molecular formula is C12H25NO. The Morgan fingerprint density at radius 1 is 1.50 bits per heavy atom. The lowest BCUT2D eigenvalue weighted by Crippen LogP contribution is -2.45. The maximum Gasteiger partial charge on any atom is 0.0697 e. The van der Waals surface area contributed by atoms with Crippen LogP contribution >= 0.6 is 0 Å². The molecule has 84 valence electrons. The highest BCUT2D eigenvalue weighted by atomic mass is 16.5. The molecule has 3 atom stereocenters. The second kappa shape index (κ2) is 5.13. The molecular weight excluding hydrogens is 174 g/mol. The lowest BCUT2D eigenvalue weighted by Gasteiger charge is -2.41. The average Bonchev–Trinajstić information content (AvgIpc) is 2.17. The van der Waals surface area contributed by atoms with E-state index in [0.717, 1.165) is 31.8 Å². The van der Waals surface area contributed by atoms with Crippen LogP contribution < -0.4 is 5.73 Å². The summed E-state index contributed by atoms with van der Waals surface area (Å²) < 4.78 is 5.98. The molecule has 1 aliphatic rings. The molecule has 0 amide bonds. The molecule has 2 N–H and O–H groups in total. The molecule has 0 aromatic rings. The van der Waals surface area contributed by atoms with Crippen molar-refractivity contribution in [3.05, 3.63) is 0 Å². The summed E-state index contributed by atoms with van der Waals surface area (Å²) in [5, 5.41) is 0. The molecule has 3 unspecified atom stereocenters. The van der Waals surface area contributed by atoms with Crippen LogP contribution in [0.3, 0.4) is 0 Å². The molecule has 0 bridgehead atoms. The van der Waals surface area contributed by atoms with Gasteiger partial charge in [-0.2, -0.15) is 0 Å². The number of ether oxygens (including phenoxy) is 1. The van der Waals surface area contributed by atoms with Crippen LogP contribution in [0.4, 0.5) is 0 Å². The van der Waals surface area contributed by atoms with E-state index in [4.69, 9.17) is 10.5 Å². The average molecular weight is 199 g/mol. The molecule has 1 rings (SSSR count). The minimum atomic E-state index is 0.0904. The second-order valence-corrected chi connectivity index (χ2v) is 4.86. The minimum absolute atomic E-state index is 0.0904. The third-order valence-electron chi connectivity index (χ3n) is 3.59. The van der Waals surface area contributed by atoms with Gasteiger partial charge >= 0.3 is 0 Å². The van der Waals surface area contributed by atoms with Crippen LogP contribution in [0.25, 0.3) is 0 Å². The van der Waals surface area contributed by atoms with Crippen molar-refractivity contribution in [2.45, 2.75) is 64.5 Å². The summed E-state index contributed by atoms with van der Waals surface area (Å²) >= 11 is 0. The minimum Gasteiger partial charge on any atom is -0.375 e. The summed E-state index contributed by atoms with van der Waals surface area (Å²) in [4.78, 5) is 0. The number of hydrogen-bond donors (Lipinski definition) is 1. The van der Waals surface area contributed by atoms with Crippen molar-refractivity contribution in [2.75, 3.05) is 6.61 Å². The molecule has 0 radical (unpaired) electrons. The third kappa shape index (κ3) is 2.96. The van der Waals surface area contributed by atoms with E-state index in [1.165, 1.54) is 12.8 Å². The molecule has 0 spiro atoms. The van der Waals surface area contributed by atoms with E-state index in [1.54, 1.807) is 0 Å². The summed E-state index contributed by atoms with van der Waals surface area (Å²) in [6.45, 7) is 7.63. The van der Waals surface area contributed by atoms with Crippen LogP contribution in [0, 0.1) is 5.92 Å². The van der Waals surface area contributed by atoms with E-state index in [0.29, 0.717) is 6.04 Å². The lowest BCUT2D eigenvalue weighted by atomic mass is 9.81. The van der Waals surface area contributed by atoms with Gasteiger partial charge in [0.05, 0.1) is 5.60 Å². The topological polar surface area (TPSA) is 35.2 Å². The number of hydrogen-bond acceptors (Lipinski definition) is 2. The van der Waals surface area contributed by atoms with Gasteiger partial charge in [0.15, 0.2) is 0 Å². The van der Waals surface area contributed by atoms with Gasteiger partial charge in [-0.3, -0.25) is 0 Å². The monoisotopic (exact) mass is 199 g/mol. The van der Waals surface area contributed by atoms with Gasteiger partial charge in [-0.15, -0.1) is 0 Å². The molecule has 2 heteroatoms. The normalized spacial score (nSPS) is 35.6. The Labute approximate surface area is 88.2 Å². The van der Waals surface area contributed by atoms with Crippen molar-refractivity contribution in [1.82, 2.24) is 0 Å². The number of nitrogens with two attached hydrogens (primary N) is 1. The zero-order valence-electron chi connectivity index (χ0n) is 9.88. The Morgan fingerprint density at radius 2 is 2.21 bits per heavy atom. The highest BCUT2D eigenvalue weighted by Crippen LogP contribution is 2.34. The molecule has 1 heterocycles. The molecule has 1 aliphatic heterocycles. The van der Waals surface area contributed by atoms with Gasteiger partial charge in [0.1, 0.15) is 0 Å². The van der Waals surface area contributed by atoms with Crippen molar-refractivity contribution in [2.24, 2.45) is 11.7 Å². The van der Waals surface area contributed by atoms with Crippen molar-refractivity contribution < 1.29 is 4.74 Å². The van der Waals surface area contributed by atoms with Crippen LogP contribution in [0.15, 0.2) is 0 Å². The summed E-state index contributed by atoms with van der Waals surface area (Å²) in [5.41, 5.74) is 6.11. The maximum absolute atomic E-state index is 6.02. The summed E-state index contributed by atoms with van der Waals surface area (Å²) in [6.07, 6.45) is 5.59. The van der Waals surface area contributed by atoms with Crippen LogP contribution in [-0.4, -0.2) is 18.2 Å². The molecule has 2 nitrogen and oxygen atoms in total. The maximum atomic E-state index is 6.02. The van der Waals surface area contributed by atoms with Crippen molar-refractivity contribution in [3.8, 4) is 0 Å². The highest BCUT2D eigenvalue weighted by Gasteiger charge is 2.35. The van der Waals surface area contributed by atoms with E-state index in [2.05, 4.69) is 20.8 Å². The predicted octanol–water partition coefficient (Wildman–Crippen LogP) is 2.71. The lowest BCUT2D eigenvalue weighted by molar-refractivity contribution is -0.0992. The van der Waals surface area contributed by atoms with Crippen molar-refractivity contribution in [1.29, 1.82) is 0 Å². The molecule has 0 saturated carbocycles. The van der Waals surface area contributed by atoms with Gasteiger partial charge in [0.25, 0.3) is 0 Å². The van der Waals surface area contributed by atoms with Gasteiger partial charge in [-0.25, -0.2) is 0 Å². The molecule has 14 heavy (non-hydrogen) atoms. The first kappa shape index (κ1) is 12.0. The summed E-state index contributed by atoms with van der Waals surface area (Å²) in [6, 6.07) is 0.354. The largest absolute Gasteiger partial charge is 0.375 e. The third-order valence-corrected chi connectivity index (χ3v) is 3.59. The number of rotatable bonds is 4. The van der Waals surface area contributed by atoms with Crippen molar-refractivity contribution in [3.63, 3.8) is 0 Å². The SMILES string of the molecule is CCC(C)CC1(CC)CC(N)CCO1. The van der Waals surface area contributed by atoms with Crippen LogP contribution in [0.2, 0.25) is 0 Å². The van der Waals surface area contributed by atoms with Crippen molar-refractivity contribution >= 4 is 0 Å². The fourth-order valence-electron chi connectivity index (χ4n) is 2.38. The summed E-state index contributed by atoms with van der Waals surface area (Å²) in [7, 11) is 0. The van der Waals surface area contributed by atoms with E-state index in [1.807, 2.05) is 0 Å². The van der Waals surface area contributed by atoms with Crippen LogP contribution in [0.5, 0.6) is 0 Å². The Balaban J connectivity index is 2.55. The van der Waals surface area contributed by atoms with E-state index >= 15 is 0 Å². The molecule has 1 saturated heterocycles. The smallest absolute Gasteiger partial charge is 0.0697 e. The molecule has 1 fully saturated rings. The van der Waals surface area contributed by atoms with Gasteiger partial charge in [0.2, 0.25) is 0 Å². The summed E-state index contributed by atoms with van der Waals surface area (Å²) in [5.74, 6) is 0.750. The predicted molar refractivity (Wildman–Crippen MR) is 60.3 cm³/mol. The fourth-order valence-corrected chi connectivity index (χ4v) is 2.38. The zero-order valence-corrected chi connectivity index (χ0v) is 9.88. The van der Waals surface area contributed by atoms with Crippen LogP contribution in [-0.2, 0) is 4.74 Å². The van der Waals surface area contributed by atoms with E-state index < -0.39 is 0 Å². The van der Waals surface area contributed by atoms with Crippen LogP contribution in [0.1, 0.15) is 52.9 Å². The van der Waals surface area contributed by atoms with Gasteiger partial charge in [-0.05, 0) is 31.6 Å². The first-order chi connectivity index (χ1) is 6.62. The Morgan fingerprint density at radius 3 is 2.71 bits per heavy atom. The van der Waals surface area contributed by atoms with E-state index in [-0.39, 0.29) is 5.60 Å². The van der Waals surface area contributed by atoms with E-state index in [9.17, 15) is 0 Å². The van der Waals surface area contributed by atoms with Gasteiger partial charge in [0, 0.05) is 12.6 Å². The Kier molecular flexibility index (Phi) is 4.39. The molecule has 0 aliphatic carbocycles. The Bertz CT molecular complexity index is 172. The standard InChI is InChI=1S/C12H25NO/c1-4-10(3)8-12(5-2)9-11(13)6-7-14-12/h10-11H,4-9,13H2,1-3H3. The quantitative estimate of drug-likeness (QED) is 0.755. The first-order valence-corrected chi connectivity index (χ1v) is 6.01. The second-order valence-electron chi connectivity index (χ2n) is 4.86.